The highest BCUT2D eigenvalue weighted by Crippen LogP contribution is 2.28. The molecule has 0 N–H and O–H groups in total. The van der Waals surface area contributed by atoms with E-state index in [9.17, 15) is 4.39 Å². The quantitative estimate of drug-likeness (QED) is 0.700. The number of methoxy groups -OCH3 is 1. The first-order valence-corrected chi connectivity index (χ1v) is 8.77. The second kappa shape index (κ2) is 6.96. The van der Waals surface area contributed by atoms with E-state index in [-0.39, 0.29) is 11.6 Å². The van der Waals surface area contributed by atoms with Gasteiger partial charge in [0.05, 0.1) is 12.6 Å². The minimum absolute atomic E-state index is 0.263. The van der Waals surface area contributed by atoms with E-state index in [1.54, 1.807) is 12.4 Å². The standard InChI is InChI=1S/C19H18ClFN4O/c1-26-18-5-3-14(11-16(18)21)24-6-8-25(9-7-24)19-15-4-2-13(20)10-17(15)22-12-23-19/h2-5,10-12H,6-9H2,1H3. The van der Waals surface area contributed by atoms with Crippen LogP contribution in [0.2, 0.25) is 5.02 Å². The molecule has 1 aliphatic heterocycles. The Balaban J connectivity index is 1.53. The summed E-state index contributed by atoms with van der Waals surface area (Å²) in [5.41, 5.74) is 1.70. The fraction of sp³-hybridized carbons (Fsp3) is 0.263. The van der Waals surface area contributed by atoms with Crippen molar-refractivity contribution in [1.82, 2.24) is 9.97 Å². The van der Waals surface area contributed by atoms with E-state index in [0.29, 0.717) is 5.02 Å². The van der Waals surface area contributed by atoms with Crippen molar-refractivity contribution in [3.63, 3.8) is 0 Å². The number of fused-ring (bicyclic) bond motifs is 1. The second-order valence-electron chi connectivity index (χ2n) is 6.15. The molecule has 134 valence electrons. The highest BCUT2D eigenvalue weighted by atomic mass is 35.5. The number of anilines is 2. The lowest BCUT2D eigenvalue weighted by Crippen LogP contribution is -2.47. The normalized spacial score (nSPS) is 14.7. The number of ether oxygens (including phenoxy) is 1. The van der Waals surface area contributed by atoms with Gasteiger partial charge in [0.15, 0.2) is 11.6 Å². The van der Waals surface area contributed by atoms with Gasteiger partial charge in [-0.2, -0.15) is 0 Å². The molecule has 1 fully saturated rings. The number of piperazine rings is 1. The lowest BCUT2D eigenvalue weighted by Gasteiger charge is -2.37. The van der Waals surface area contributed by atoms with Crippen molar-refractivity contribution in [3.05, 3.63) is 53.6 Å². The van der Waals surface area contributed by atoms with Gasteiger partial charge < -0.3 is 14.5 Å². The fourth-order valence-electron chi connectivity index (χ4n) is 3.30. The van der Waals surface area contributed by atoms with Gasteiger partial charge in [-0.1, -0.05) is 11.6 Å². The fourth-order valence-corrected chi connectivity index (χ4v) is 3.46. The van der Waals surface area contributed by atoms with Gasteiger partial charge in [-0.25, -0.2) is 14.4 Å². The topological polar surface area (TPSA) is 41.5 Å². The molecule has 26 heavy (non-hydrogen) atoms. The average Bonchev–Trinajstić information content (AvgIpc) is 2.67. The molecule has 0 bridgehead atoms. The maximum Gasteiger partial charge on any atom is 0.167 e. The van der Waals surface area contributed by atoms with Crippen LogP contribution in [0, 0.1) is 5.82 Å². The van der Waals surface area contributed by atoms with Gasteiger partial charge in [0.25, 0.3) is 0 Å². The first-order valence-electron chi connectivity index (χ1n) is 8.39. The predicted molar refractivity (Wildman–Crippen MR) is 102 cm³/mol. The number of hydrogen-bond donors (Lipinski definition) is 0. The summed E-state index contributed by atoms with van der Waals surface area (Å²) in [4.78, 5) is 13.2. The van der Waals surface area contributed by atoms with E-state index in [1.807, 2.05) is 24.3 Å². The van der Waals surface area contributed by atoms with Crippen LogP contribution in [0.15, 0.2) is 42.7 Å². The third-order valence-corrected chi connectivity index (χ3v) is 4.89. The number of nitrogens with zero attached hydrogens (tertiary/aromatic N) is 4. The van der Waals surface area contributed by atoms with Crippen LogP contribution in [-0.2, 0) is 0 Å². The summed E-state index contributed by atoms with van der Waals surface area (Å²) >= 11 is 6.06. The Labute approximate surface area is 156 Å². The van der Waals surface area contributed by atoms with Crippen molar-refractivity contribution < 1.29 is 9.13 Å². The smallest absolute Gasteiger partial charge is 0.167 e. The Kier molecular flexibility index (Phi) is 4.51. The Bertz CT molecular complexity index is 944. The Morgan fingerprint density at radius 3 is 2.50 bits per heavy atom. The lowest BCUT2D eigenvalue weighted by molar-refractivity contribution is 0.386. The molecular formula is C19H18ClFN4O. The third-order valence-electron chi connectivity index (χ3n) is 4.66. The van der Waals surface area contributed by atoms with E-state index < -0.39 is 0 Å². The lowest BCUT2D eigenvalue weighted by atomic mass is 10.2. The minimum atomic E-state index is -0.342. The number of benzene rings is 2. The Morgan fingerprint density at radius 2 is 1.77 bits per heavy atom. The van der Waals surface area contributed by atoms with Gasteiger partial charge in [-0.3, -0.25) is 0 Å². The predicted octanol–water partition coefficient (Wildman–Crippen LogP) is 3.76. The monoisotopic (exact) mass is 372 g/mol. The molecule has 7 heteroatoms. The van der Waals surface area contributed by atoms with E-state index in [4.69, 9.17) is 16.3 Å². The van der Waals surface area contributed by atoms with Gasteiger partial charge in [-0.15, -0.1) is 0 Å². The van der Waals surface area contributed by atoms with Gasteiger partial charge in [0.2, 0.25) is 0 Å². The molecular weight excluding hydrogens is 355 g/mol. The molecule has 0 atom stereocenters. The average molecular weight is 373 g/mol. The largest absolute Gasteiger partial charge is 0.494 e. The molecule has 5 nitrogen and oxygen atoms in total. The zero-order valence-corrected chi connectivity index (χ0v) is 15.1. The zero-order chi connectivity index (χ0) is 18.1. The van der Waals surface area contributed by atoms with Gasteiger partial charge in [-0.05, 0) is 30.3 Å². The molecule has 0 saturated carbocycles. The summed E-state index contributed by atoms with van der Waals surface area (Å²) in [6.07, 6.45) is 1.57. The van der Waals surface area contributed by atoms with Crippen LogP contribution >= 0.6 is 11.6 Å². The highest BCUT2D eigenvalue weighted by molar-refractivity contribution is 6.31. The van der Waals surface area contributed by atoms with E-state index in [1.165, 1.54) is 13.2 Å². The molecule has 1 aromatic heterocycles. The van der Waals surface area contributed by atoms with Crippen LogP contribution < -0.4 is 14.5 Å². The summed E-state index contributed by atoms with van der Waals surface area (Å²) in [5, 5.41) is 1.65. The number of halogens is 2. The van der Waals surface area contributed by atoms with Gasteiger partial charge in [0.1, 0.15) is 12.1 Å². The molecule has 2 heterocycles. The van der Waals surface area contributed by atoms with Crippen LogP contribution in [0.5, 0.6) is 5.75 Å². The maximum atomic E-state index is 14.0. The maximum absolute atomic E-state index is 14.0. The van der Waals surface area contributed by atoms with Crippen LogP contribution in [0.3, 0.4) is 0 Å². The van der Waals surface area contributed by atoms with Crippen molar-refractivity contribution in [1.29, 1.82) is 0 Å². The van der Waals surface area contributed by atoms with Crippen molar-refractivity contribution >= 4 is 34.0 Å². The van der Waals surface area contributed by atoms with Crippen molar-refractivity contribution in [2.45, 2.75) is 0 Å². The summed E-state index contributed by atoms with van der Waals surface area (Å²) < 4.78 is 19.0. The second-order valence-corrected chi connectivity index (χ2v) is 6.59. The Morgan fingerprint density at radius 1 is 1.00 bits per heavy atom. The van der Waals surface area contributed by atoms with E-state index >= 15 is 0 Å². The number of aromatic nitrogens is 2. The van der Waals surface area contributed by atoms with Crippen molar-refractivity contribution in [3.8, 4) is 5.75 Å². The van der Waals surface area contributed by atoms with Crippen LogP contribution in [0.4, 0.5) is 15.9 Å². The molecule has 4 rings (SSSR count). The Hall–Kier alpha value is -2.60. The highest BCUT2D eigenvalue weighted by Gasteiger charge is 2.21. The van der Waals surface area contributed by atoms with Gasteiger partial charge in [0, 0.05) is 48.3 Å². The van der Waals surface area contributed by atoms with Gasteiger partial charge >= 0.3 is 0 Å². The first-order chi connectivity index (χ1) is 12.7. The molecule has 1 saturated heterocycles. The summed E-state index contributed by atoms with van der Waals surface area (Å²) in [5.74, 6) is 0.830. The molecule has 1 aliphatic rings. The number of rotatable bonds is 3. The van der Waals surface area contributed by atoms with Crippen LogP contribution in [-0.4, -0.2) is 43.3 Å². The number of hydrogen-bond acceptors (Lipinski definition) is 5. The van der Waals surface area contributed by atoms with E-state index in [2.05, 4.69) is 19.8 Å². The molecule has 0 unspecified atom stereocenters. The molecule has 0 aliphatic carbocycles. The molecule has 3 aromatic rings. The summed E-state index contributed by atoms with van der Waals surface area (Å²) in [7, 11) is 1.47. The minimum Gasteiger partial charge on any atom is -0.494 e. The van der Waals surface area contributed by atoms with Crippen LogP contribution in [0.1, 0.15) is 0 Å². The molecule has 0 radical (unpaired) electrons. The van der Waals surface area contributed by atoms with Crippen molar-refractivity contribution in [2.24, 2.45) is 0 Å². The molecule has 0 amide bonds. The first kappa shape index (κ1) is 16.8. The SMILES string of the molecule is COc1ccc(N2CCN(c3ncnc4cc(Cl)ccc34)CC2)cc1F. The van der Waals surface area contributed by atoms with Crippen molar-refractivity contribution in [2.75, 3.05) is 43.1 Å². The van der Waals surface area contributed by atoms with Crippen LogP contribution in [0.25, 0.3) is 10.9 Å². The zero-order valence-electron chi connectivity index (χ0n) is 14.3. The summed E-state index contributed by atoms with van der Waals surface area (Å²) in [6.45, 7) is 3.15. The third kappa shape index (κ3) is 3.12. The summed E-state index contributed by atoms with van der Waals surface area (Å²) in [6, 6.07) is 10.7. The molecule has 2 aromatic carbocycles. The van der Waals surface area contributed by atoms with E-state index in [0.717, 1.165) is 48.6 Å². The molecule has 0 spiro atoms.